The van der Waals surface area contributed by atoms with Crippen molar-refractivity contribution in [3.05, 3.63) is 0 Å². The van der Waals surface area contributed by atoms with Gasteiger partial charge in [-0.2, -0.15) is 0 Å². The van der Waals surface area contributed by atoms with Crippen molar-refractivity contribution in [3.8, 4) is 0 Å². The molecule has 0 radical (unpaired) electrons. The number of carbonyl (C=O) groups excluding carboxylic acids is 1. The number of hydrogen-bond acceptors (Lipinski definition) is 2. The number of rotatable bonds is 5. The number of hydrogen-bond donors (Lipinski definition) is 1. The zero-order valence-electron chi connectivity index (χ0n) is 11.2. The van der Waals surface area contributed by atoms with Crippen LogP contribution in [0.25, 0.3) is 0 Å². The largest absolute Gasteiger partial charge is 0.341 e. The molecule has 0 aliphatic rings. The summed E-state index contributed by atoms with van der Waals surface area (Å²) in [6.45, 7) is 10.5. The third-order valence-corrected chi connectivity index (χ3v) is 3.17. The van der Waals surface area contributed by atoms with Crippen LogP contribution in [0.3, 0.4) is 0 Å². The molecule has 0 fully saturated rings. The van der Waals surface area contributed by atoms with Gasteiger partial charge in [-0.25, -0.2) is 0 Å². The van der Waals surface area contributed by atoms with Crippen molar-refractivity contribution < 1.29 is 4.79 Å². The summed E-state index contributed by atoms with van der Waals surface area (Å²) in [6.07, 6.45) is 0. The molecule has 1 amide bonds. The SMILES string of the molecule is CNC(C(=O)N(C)C(C)C(C)C)C(C)C. The first-order valence-corrected chi connectivity index (χ1v) is 5.76. The van der Waals surface area contributed by atoms with E-state index in [1.54, 1.807) is 0 Å². The van der Waals surface area contributed by atoms with Crippen molar-refractivity contribution in [3.63, 3.8) is 0 Å². The normalized spacial score (nSPS) is 15.5. The summed E-state index contributed by atoms with van der Waals surface area (Å²) in [5.41, 5.74) is 0. The fraction of sp³-hybridized carbons (Fsp3) is 0.917. The van der Waals surface area contributed by atoms with Crippen LogP contribution in [0, 0.1) is 11.8 Å². The first-order chi connectivity index (χ1) is 6.82. The van der Waals surface area contributed by atoms with Gasteiger partial charge in [-0.05, 0) is 25.8 Å². The lowest BCUT2D eigenvalue weighted by molar-refractivity contribution is -0.135. The van der Waals surface area contributed by atoms with Crippen molar-refractivity contribution in [2.45, 2.75) is 46.7 Å². The third-order valence-electron chi connectivity index (χ3n) is 3.17. The van der Waals surface area contributed by atoms with E-state index in [1.165, 1.54) is 0 Å². The van der Waals surface area contributed by atoms with Gasteiger partial charge >= 0.3 is 0 Å². The summed E-state index contributed by atoms with van der Waals surface area (Å²) < 4.78 is 0. The molecule has 90 valence electrons. The lowest BCUT2D eigenvalue weighted by Gasteiger charge is -2.32. The summed E-state index contributed by atoms with van der Waals surface area (Å²) in [5, 5.41) is 3.08. The second-order valence-electron chi connectivity index (χ2n) is 4.94. The molecule has 0 rings (SSSR count). The van der Waals surface area contributed by atoms with Crippen LogP contribution in [0.1, 0.15) is 34.6 Å². The number of nitrogens with zero attached hydrogens (tertiary/aromatic N) is 1. The minimum absolute atomic E-state index is 0.0730. The second kappa shape index (κ2) is 6.11. The highest BCUT2D eigenvalue weighted by molar-refractivity contribution is 5.82. The summed E-state index contributed by atoms with van der Waals surface area (Å²) in [6, 6.07) is 0.211. The fourth-order valence-electron chi connectivity index (χ4n) is 1.61. The van der Waals surface area contributed by atoms with Crippen LogP contribution in [-0.4, -0.2) is 37.0 Å². The minimum Gasteiger partial charge on any atom is -0.341 e. The van der Waals surface area contributed by atoms with Crippen molar-refractivity contribution >= 4 is 5.91 Å². The molecule has 0 heterocycles. The molecule has 0 aliphatic carbocycles. The van der Waals surface area contributed by atoms with Gasteiger partial charge in [0.1, 0.15) is 0 Å². The molecule has 15 heavy (non-hydrogen) atoms. The van der Waals surface area contributed by atoms with E-state index in [0.29, 0.717) is 11.8 Å². The van der Waals surface area contributed by atoms with Gasteiger partial charge in [0.15, 0.2) is 0 Å². The molecular formula is C12H26N2O. The van der Waals surface area contributed by atoms with Crippen LogP contribution in [0.5, 0.6) is 0 Å². The monoisotopic (exact) mass is 214 g/mol. The lowest BCUT2D eigenvalue weighted by Crippen LogP contribution is -2.50. The van der Waals surface area contributed by atoms with Crippen LogP contribution >= 0.6 is 0 Å². The van der Waals surface area contributed by atoms with Gasteiger partial charge in [0.05, 0.1) is 6.04 Å². The average molecular weight is 214 g/mol. The first kappa shape index (κ1) is 14.4. The highest BCUT2D eigenvalue weighted by Gasteiger charge is 2.27. The highest BCUT2D eigenvalue weighted by Crippen LogP contribution is 2.12. The van der Waals surface area contributed by atoms with E-state index in [4.69, 9.17) is 0 Å². The zero-order chi connectivity index (χ0) is 12.2. The predicted octanol–water partition coefficient (Wildman–Crippen LogP) is 1.73. The van der Waals surface area contributed by atoms with Gasteiger partial charge in [0, 0.05) is 13.1 Å². The van der Waals surface area contributed by atoms with Gasteiger partial charge < -0.3 is 10.2 Å². The van der Waals surface area contributed by atoms with E-state index >= 15 is 0 Å². The van der Waals surface area contributed by atoms with E-state index in [1.807, 2.05) is 19.0 Å². The topological polar surface area (TPSA) is 32.3 Å². The molecule has 0 spiro atoms. The molecule has 0 aromatic heterocycles. The Morgan fingerprint density at radius 1 is 1.07 bits per heavy atom. The Labute approximate surface area is 94.2 Å². The van der Waals surface area contributed by atoms with Crippen molar-refractivity contribution in [2.75, 3.05) is 14.1 Å². The summed E-state index contributed by atoms with van der Waals surface area (Å²) in [4.78, 5) is 14.0. The molecule has 3 heteroatoms. The molecule has 1 N–H and O–H groups in total. The molecule has 3 nitrogen and oxygen atoms in total. The Balaban J connectivity index is 4.54. The Morgan fingerprint density at radius 2 is 1.53 bits per heavy atom. The molecule has 0 bridgehead atoms. The van der Waals surface area contributed by atoms with Crippen LogP contribution in [0.4, 0.5) is 0 Å². The van der Waals surface area contributed by atoms with Crippen molar-refractivity contribution in [2.24, 2.45) is 11.8 Å². The number of likely N-dealkylation sites (N-methyl/N-ethyl adjacent to an activating group) is 2. The number of nitrogens with one attached hydrogen (secondary N) is 1. The quantitative estimate of drug-likeness (QED) is 0.756. The minimum atomic E-state index is -0.0730. The van der Waals surface area contributed by atoms with Gasteiger partial charge in [-0.1, -0.05) is 27.7 Å². The third kappa shape index (κ3) is 3.82. The standard InChI is InChI=1S/C12H26N2O/c1-8(2)10(5)14(7)12(15)11(13-6)9(3)4/h8-11,13H,1-7H3. The van der Waals surface area contributed by atoms with Gasteiger partial charge in [0.25, 0.3) is 0 Å². The first-order valence-electron chi connectivity index (χ1n) is 5.76. The average Bonchev–Trinajstić information content (AvgIpc) is 2.15. The molecule has 0 saturated heterocycles. The maximum Gasteiger partial charge on any atom is 0.239 e. The smallest absolute Gasteiger partial charge is 0.239 e. The van der Waals surface area contributed by atoms with Crippen LogP contribution in [-0.2, 0) is 4.79 Å². The van der Waals surface area contributed by atoms with Gasteiger partial charge in [-0.3, -0.25) is 4.79 Å². The van der Waals surface area contributed by atoms with Crippen LogP contribution in [0.2, 0.25) is 0 Å². The van der Waals surface area contributed by atoms with Crippen LogP contribution in [0.15, 0.2) is 0 Å². The van der Waals surface area contributed by atoms with E-state index in [2.05, 4.69) is 39.9 Å². The maximum absolute atomic E-state index is 12.1. The van der Waals surface area contributed by atoms with Crippen molar-refractivity contribution in [1.82, 2.24) is 10.2 Å². The van der Waals surface area contributed by atoms with Crippen molar-refractivity contribution in [1.29, 1.82) is 0 Å². The zero-order valence-corrected chi connectivity index (χ0v) is 11.2. The van der Waals surface area contributed by atoms with E-state index in [-0.39, 0.29) is 18.0 Å². The van der Waals surface area contributed by atoms with E-state index < -0.39 is 0 Å². The molecular weight excluding hydrogens is 188 g/mol. The number of carbonyl (C=O) groups is 1. The summed E-state index contributed by atoms with van der Waals surface area (Å²) in [7, 11) is 3.73. The molecule has 2 unspecified atom stereocenters. The Kier molecular flexibility index (Phi) is 5.88. The van der Waals surface area contributed by atoms with E-state index in [0.717, 1.165) is 0 Å². The maximum atomic E-state index is 12.1. The Hall–Kier alpha value is -0.570. The number of amides is 1. The molecule has 2 atom stereocenters. The summed E-state index contributed by atoms with van der Waals surface area (Å²) in [5.74, 6) is 1.00. The predicted molar refractivity (Wildman–Crippen MR) is 64.8 cm³/mol. The van der Waals surface area contributed by atoms with Crippen LogP contribution < -0.4 is 5.32 Å². The molecule has 0 saturated carbocycles. The molecule has 0 aromatic carbocycles. The van der Waals surface area contributed by atoms with Gasteiger partial charge in [0.2, 0.25) is 5.91 Å². The molecule has 0 aromatic rings. The van der Waals surface area contributed by atoms with Gasteiger partial charge in [-0.15, -0.1) is 0 Å². The summed E-state index contributed by atoms with van der Waals surface area (Å²) >= 11 is 0. The Morgan fingerprint density at radius 3 is 1.80 bits per heavy atom. The second-order valence-corrected chi connectivity index (χ2v) is 4.94. The Bertz CT molecular complexity index is 202. The fourth-order valence-corrected chi connectivity index (χ4v) is 1.61. The molecule has 0 aliphatic heterocycles. The highest BCUT2D eigenvalue weighted by atomic mass is 16.2. The van der Waals surface area contributed by atoms with E-state index in [9.17, 15) is 4.79 Å². The lowest BCUT2D eigenvalue weighted by atomic mass is 10.00.